The predicted molar refractivity (Wildman–Crippen MR) is 98.3 cm³/mol. The highest BCUT2D eigenvalue weighted by atomic mass is 79.9. The van der Waals surface area contributed by atoms with Crippen LogP contribution in [0.4, 0.5) is 5.69 Å². The SMILES string of the molecule is Cc1c(Br)cc(NCC(=O)NN=C2CCCCC2C)cc1Br. The summed E-state index contributed by atoms with van der Waals surface area (Å²) in [6, 6.07) is 3.92. The monoisotopic (exact) mass is 429 g/mol. The van der Waals surface area contributed by atoms with Crippen molar-refractivity contribution in [1.82, 2.24) is 5.43 Å². The lowest BCUT2D eigenvalue weighted by atomic mass is 9.89. The Morgan fingerprint density at radius 1 is 1.32 bits per heavy atom. The van der Waals surface area contributed by atoms with Gasteiger partial charge in [0.2, 0.25) is 0 Å². The fraction of sp³-hybridized carbons (Fsp3) is 0.500. The zero-order valence-corrected chi connectivity index (χ0v) is 16.1. The number of hydrazone groups is 1. The van der Waals surface area contributed by atoms with E-state index in [4.69, 9.17) is 0 Å². The van der Waals surface area contributed by atoms with Crippen molar-refractivity contribution < 1.29 is 4.79 Å². The molecule has 1 atom stereocenters. The summed E-state index contributed by atoms with van der Waals surface area (Å²) < 4.78 is 2.00. The molecule has 1 aliphatic carbocycles. The molecule has 0 aromatic heterocycles. The second-order valence-electron chi connectivity index (χ2n) is 5.70. The van der Waals surface area contributed by atoms with Gasteiger partial charge in [-0.3, -0.25) is 4.79 Å². The topological polar surface area (TPSA) is 53.5 Å². The van der Waals surface area contributed by atoms with E-state index in [9.17, 15) is 4.79 Å². The first kappa shape index (κ1) is 17.5. The fourth-order valence-corrected chi connectivity index (χ4v) is 3.63. The summed E-state index contributed by atoms with van der Waals surface area (Å²) in [5.74, 6) is 0.351. The minimum absolute atomic E-state index is 0.127. The van der Waals surface area contributed by atoms with E-state index >= 15 is 0 Å². The molecule has 120 valence electrons. The first-order chi connectivity index (χ1) is 10.5. The molecule has 0 aliphatic heterocycles. The van der Waals surface area contributed by atoms with Crippen molar-refractivity contribution in [3.8, 4) is 0 Å². The minimum atomic E-state index is -0.127. The lowest BCUT2D eigenvalue weighted by molar-refractivity contribution is -0.119. The van der Waals surface area contributed by atoms with Crippen LogP contribution in [-0.4, -0.2) is 18.2 Å². The van der Waals surface area contributed by atoms with E-state index < -0.39 is 0 Å². The molecule has 1 saturated carbocycles. The fourth-order valence-electron chi connectivity index (χ4n) is 2.44. The molecule has 1 aliphatic rings. The van der Waals surface area contributed by atoms with Crippen LogP contribution in [0.5, 0.6) is 0 Å². The number of carbonyl (C=O) groups is 1. The van der Waals surface area contributed by atoms with Gasteiger partial charge in [0.05, 0.1) is 6.54 Å². The summed E-state index contributed by atoms with van der Waals surface area (Å²) in [6.45, 7) is 4.39. The molecule has 4 nitrogen and oxygen atoms in total. The van der Waals surface area contributed by atoms with Gasteiger partial charge in [-0.2, -0.15) is 5.10 Å². The molecule has 2 N–H and O–H groups in total. The zero-order chi connectivity index (χ0) is 16.1. The van der Waals surface area contributed by atoms with Crippen molar-refractivity contribution in [3.05, 3.63) is 26.6 Å². The Bertz CT molecular complexity index is 564. The lowest BCUT2D eigenvalue weighted by Gasteiger charge is -2.19. The smallest absolute Gasteiger partial charge is 0.259 e. The second kappa shape index (κ2) is 8.11. The van der Waals surface area contributed by atoms with Gasteiger partial charge in [0.25, 0.3) is 5.91 Å². The van der Waals surface area contributed by atoms with Gasteiger partial charge in [0.1, 0.15) is 0 Å². The molecule has 2 rings (SSSR count). The Hall–Kier alpha value is -0.880. The van der Waals surface area contributed by atoms with Crippen molar-refractivity contribution in [2.24, 2.45) is 11.0 Å². The molecule has 0 bridgehead atoms. The molecule has 1 aromatic carbocycles. The average Bonchev–Trinajstić information content (AvgIpc) is 2.49. The van der Waals surface area contributed by atoms with Gasteiger partial charge >= 0.3 is 0 Å². The van der Waals surface area contributed by atoms with Crippen LogP contribution in [0.1, 0.15) is 38.2 Å². The number of hydrogen-bond donors (Lipinski definition) is 2. The normalized spacial score (nSPS) is 20.0. The molecular weight excluding hydrogens is 410 g/mol. The van der Waals surface area contributed by atoms with E-state index in [1.165, 1.54) is 19.3 Å². The van der Waals surface area contributed by atoms with E-state index in [0.29, 0.717) is 5.92 Å². The van der Waals surface area contributed by atoms with Crippen LogP contribution < -0.4 is 10.7 Å². The Kier molecular flexibility index (Phi) is 6.44. The van der Waals surface area contributed by atoms with Crippen molar-refractivity contribution >= 4 is 49.2 Å². The highest BCUT2D eigenvalue weighted by Crippen LogP contribution is 2.28. The van der Waals surface area contributed by atoms with Crippen LogP contribution in [0.3, 0.4) is 0 Å². The number of amides is 1. The average molecular weight is 431 g/mol. The third-order valence-electron chi connectivity index (χ3n) is 3.95. The molecule has 6 heteroatoms. The van der Waals surface area contributed by atoms with Crippen molar-refractivity contribution in [3.63, 3.8) is 0 Å². The van der Waals surface area contributed by atoms with E-state index in [2.05, 4.69) is 54.6 Å². The number of hydrogen-bond acceptors (Lipinski definition) is 3. The molecule has 1 fully saturated rings. The van der Waals surface area contributed by atoms with Gasteiger partial charge in [0.15, 0.2) is 0 Å². The number of nitrogens with zero attached hydrogens (tertiary/aromatic N) is 1. The van der Waals surface area contributed by atoms with Gasteiger partial charge in [-0.15, -0.1) is 0 Å². The number of halogens is 2. The van der Waals surface area contributed by atoms with Gasteiger partial charge in [0, 0.05) is 20.3 Å². The predicted octanol–water partition coefficient (Wildman–Crippen LogP) is 4.61. The highest BCUT2D eigenvalue weighted by Gasteiger charge is 2.16. The first-order valence-electron chi connectivity index (χ1n) is 7.52. The third kappa shape index (κ3) is 4.81. The van der Waals surface area contributed by atoms with Crippen LogP contribution in [0.2, 0.25) is 0 Å². The lowest BCUT2D eigenvalue weighted by Crippen LogP contribution is -2.28. The van der Waals surface area contributed by atoms with Gasteiger partial charge in [-0.05, 0) is 49.8 Å². The zero-order valence-electron chi connectivity index (χ0n) is 12.9. The molecule has 0 heterocycles. The molecule has 22 heavy (non-hydrogen) atoms. The van der Waals surface area contributed by atoms with E-state index in [1.807, 2.05) is 19.1 Å². The van der Waals surface area contributed by atoms with Crippen molar-refractivity contribution in [2.75, 3.05) is 11.9 Å². The summed E-state index contributed by atoms with van der Waals surface area (Å²) in [5, 5.41) is 7.40. The minimum Gasteiger partial charge on any atom is -0.376 e. The molecule has 0 spiro atoms. The maximum atomic E-state index is 11.9. The summed E-state index contributed by atoms with van der Waals surface area (Å²) in [6.07, 6.45) is 4.58. The highest BCUT2D eigenvalue weighted by molar-refractivity contribution is 9.11. The third-order valence-corrected chi connectivity index (χ3v) is 5.59. The summed E-state index contributed by atoms with van der Waals surface area (Å²) >= 11 is 7.00. The van der Waals surface area contributed by atoms with Gasteiger partial charge < -0.3 is 5.32 Å². The number of anilines is 1. The van der Waals surface area contributed by atoms with Crippen LogP contribution in [0, 0.1) is 12.8 Å². The Morgan fingerprint density at radius 3 is 2.64 bits per heavy atom. The molecule has 0 saturated heterocycles. The van der Waals surface area contributed by atoms with E-state index in [1.54, 1.807) is 0 Å². The Balaban J connectivity index is 1.86. The van der Waals surface area contributed by atoms with Gasteiger partial charge in [-0.25, -0.2) is 5.43 Å². The number of nitrogens with one attached hydrogen (secondary N) is 2. The van der Waals surface area contributed by atoms with Crippen LogP contribution in [-0.2, 0) is 4.79 Å². The summed E-state index contributed by atoms with van der Waals surface area (Å²) in [7, 11) is 0. The summed E-state index contributed by atoms with van der Waals surface area (Å²) in [4.78, 5) is 11.9. The second-order valence-corrected chi connectivity index (χ2v) is 7.41. The quantitative estimate of drug-likeness (QED) is 0.685. The molecule has 0 radical (unpaired) electrons. The maximum absolute atomic E-state index is 11.9. The van der Waals surface area contributed by atoms with Gasteiger partial charge in [-0.1, -0.05) is 45.2 Å². The first-order valence-corrected chi connectivity index (χ1v) is 9.10. The largest absolute Gasteiger partial charge is 0.376 e. The maximum Gasteiger partial charge on any atom is 0.259 e. The van der Waals surface area contributed by atoms with Crippen molar-refractivity contribution in [1.29, 1.82) is 0 Å². The number of benzene rings is 1. The Labute approximate surface area is 148 Å². The molecule has 1 unspecified atom stereocenters. The van der Waals surface area contributed by atoms with Crippen molar-refractivity contribution in [2.45, 2.75) is 39.5 Å². The van der Waals surface area contributed by atoms with Crippen LogP contribution in [0.15, 0.2) is 26.2 Å². The molecule has 1 aromatic rings. The molecular formula is C16H21Br2N3O. The van der Waals surface area contributed by atoms with Crippen LogP contribution in [0.25, 0.3) is 0 Å². The standard InChI is InChI=1S/C16H21Br2N3O/c1-10-5-3-4-6-15(10)20-21-16(22)9-19-12-7-13(17)11(2)14(18)8-12/h7-8,10,19H,3-6,9H2,1-2H3,(H,21,22). The molecule has 1 amide bonds. The number of carbonyl (C=O) groups excluding carboxylic acids is 1. The number of rotatable bonds is 4. The van der Waals surface area contributed by atoms with Crippen LogP contribution >= 0.6 is 31.9 Å². The van der Waals surface area contributed by atoms with E-state index in [0.717, 1.165) is 32.3 Å². The summed E-state index contributed by atoms with van der Waals surface area (Å²) in [5.41, 5.74) is 5.79. The van der Waals surface area contributed by atoms with E-state index in [-0.39, 0.29) is 12.5 Å². The Morgan fingerprint density at radius 2 is 2.00 bits per heavy atom.